The molecule has 68 heavy (non-hydrogen) atoms. The highest BCUT2D eigenvalue weighted by Crippen LogP contribution is 2.31. The van der Waals surface area contributed by atoms with Crippen LogP contribution in [0.25, 0.3) is 0 Å². The van der Waals surface area contributed by atoms with Gasteiger partial charge in [-0.2, -0.15) is 0 Å². The Balaban J connectivity index is 1.40. The molecular formula is C47H58N4O17. The number of hydrogen-bond donors (Lipinski definition) is 2. The first-order valence-corrected chi connectivity index (χ1v) is 22.2. The number of likely N-dealkylation sites (tertiary alicyclic amines) is 2. The van der Waals surface area contributed by atoms with Gasteiger partial charge in [0.25, 0.3) is 0 Å². The predicted molar refractivity (Wildman–Crippen MR) is 235 cm³/mol. The van der Waals surface area contributed by atoms with Crippen LogP contribution in [0, 0.1) is 0 Å². The summed E-state index contributed by atoms with van der Waals surface area (Å²) < 4.78 is 45.0. The summed E-state index contributed by atoms with van der Waals surface area (Å²) >= 11 is 0. The van der Waals surface area contributed by atoms with Gasteiger partial charge in [0.2, 0.25) is 17.7 Å². The lowest BCUT2D eigenvalue weighted by molar-refractivity contribution is -0.287. The molecule has 0 radical (unpaired) electrons. The number of nitrogens with one attached hydrogen (secondary N) is 2. The molecule has 3 aliphatic heterocycles. The zero-order valence-corrected chi connectivity index (χ0v) is 38.6. The highest BCUT2D eigenvalue weighted by atomic mass is 16.7. The summed E-state index contributed by atoms with van der Waals surface area (Å²) in [6, 6.07) is 10.3. The van der Waals surface area contributed by atoms with Crippen LogP contribution in [-0.4, -0.2) is 145 Å². The molecule has 368 valence electrons. The summed E-state index contributed by atoms with van der Waals surface area (Å²) in [4.78, 5) is 120. The van der Waals surface area contributed by atoms with Gasteiger partial charge in [0, 0.05) is 40.8 Å². The molecular weight excluding hydrogens is 893 g/mol. The molecule has 0 aliphatic carbocycles. The predicted octanol–water partition coefficient (Wildman–Crippen LogP) is 2.20. The average molecular weight is 951 g/mol. The van der Waals surface area contributed by atoms with Gasteiger partial charge in [-0.3, -0.25) is 33.6 Å². The lowest BCUT2D eigenvalue weighted by Gasteiger charge is -2.46. The van der Waals surface area contributed by atoms with Crippen LogP contribution in [-0.2, 0) is 84.5 Å². The number of benzene rings is 2. The van der Waals surface area contributed by atoms with Gasteiger partial charge in [-0.05, 0) is 55.9 Å². The van der Waals surface area contributed by atoms with E-state index in [2.05, 4.69) is 17.2 Å². The molecule has 3 heterocycles. The molecule has 5 rings (SSSR count). The number of esters is 5. The van der Waals surface area contributed by atoms with Gasteiger partial charge in [0.15, 0.2) is 18.5 Å². The maximum absolute atomic E-state index is 14.8. The summed E-state index contributed by atoms with van der Waals surface area (Å²) in [5, 5.41) is 5.15. The molecule has 21 heteroatoms. The zero-order valence-electron chi connectivity index (χ0n) is 38.6. The second-order valence-electron chi connectivity index (χ2n) is 16.3. The van der Waals surface area contributed by atoms with Crippen LogP contribution in [0.15, 0.2) is 67.3 Å². The van der Waals surface area contributed by atoms with Crippen molar-refractivity contribution in [2.75, 3.05) is 26.3 Å². The van der Waals surface area contributed by atoms with Gasteiger partial charge in [-0.1, -0.05) is 55.1 Å². The van der Waals surface area contributed by atoms with Crippen LogP contribution in [0.5, 0.6) is 5.75 Å². The first kappa shape index (κ1) is 52.1. The lowest BCUT2D eigenvalue weighted by atomic mass is 9.95. The van der Waals surface area contributed by atoms with E-state index in [0.29, 0.717) is 24.8 Å². The quantitative estimate of drug-likeness (QED) is 0.0886. The van der Waals surface area contributed by atoms with Crippen LogP contribution < -0.4 is 15.4 Å². The summed E-state index contributed by atoms with van der Waals surface area (Å²) in [6.45, 7) is 8.82. The number of hydrogen-bond acceptors (Lipinski definition) is 17. The van der Waals surface area contributed by atoms with E-state index in [9.17, 15) is 43.2 Å². The van der Waals surface area contributed by atoms with Gasteiger partial charge in [0.1, 0.15) is 55.8 Å². The molecule has 0 bridgehead atoms. The van der Waals surface area contributed by atoms with Crippen LogP contribution in [0.1, 0.15) is 71.4 Å². The first-order valence-electron chi connectivity index (χ1n) is 22.2. The summed E-state index contributed by atoms with van der Waals surface area (Å²) in [7, 11) is 0. The van der Waals surface area contributed by atoms with Crippen molar-refractivity contribution in [1.29, 1.82) is 0 Å². The summed E-state index contributed by atoms with van der Waals surface area (Å²) in [5.41, 5.74) is 1.26. The van der Waals surface area contributed by atoms with Gasteiger partial charge in [-0.15, -0.1) is 0 Å². The third kappa shape index (κ3) is 14.6. The molecule has 3 saturated heterocycles. The normalized spacial score (nSPS) is 22.9. The number of ether oxygens (including phenoxy) is 8. The van der Waals surface area contributed by atoms with Gasteiger partial charge < -0.3 is 58.3 Å². The standard InChI is InChI=1S/C47H58N4O17/c1-7-23-61-45(59)36-16-12-22-51(36)43(57)35-15-11-21-50(35)44(58)39(49-47(60)63-25-33-17-19-34(20-18-33)67-38(56)24-32-13-9-8-10-14-32)27(2)64-46-40(48-28(3)52)42(66-31(6)55)41(65-30(5)54)37(68-46)26-62-29(4)53/h7-10,13-14,17-20,27,35-37,39-42,46H,1,11-12,15-16,21-26H2,2-6H3,(H,48,52)(H,49,60)/t27-,35+,36+,37-,39+,40-,41-,42-,46-/m1/s1. The minimum Gasteiger partial charge on any atom is -0.463 e. The molecule has 2 aromatic rings. The number of amides is 4. The SMILES string of the molecule is C=CCOC(=O)[C@@H]1CCCN1C(=O)[C@@H]1CCCN1C(=O)[C@@H](NC(=O)OCc1ccc(OC(=O)Cc2ccccc2)cc1)[C@@H](C)O[C@@H]1O[C@H](COC(C)=O)[C@@H](OC(C)=O)[C@H](OC(C)=O)[C@H]1NC(C)=O. The van der Waals surface area contributed by atoms with Crippen molar-refractivity contribution in [3.63, 3.8) is 0 Å². The number of nitrogens with zero attached hydrogens (tertiary/aromatic N) is 2. The second-order valence-corrected chi connectivity index (χ2v) is 16.3. The topological polar surface area (TPSA) is 258 Å². The maximum atomic E-state index is 14.8. The van der Waals surface area contributed by atoms with Crippen LogP contribution >= 0.6 is 0 Å². The van der Waals surface area contributed by atoms with E-state index in [1.165, 1.54) is 34.9 Å². The minimum absolute atomic E-state index is 0.0489. The number of rotatable bonds is 19. The van der Waals surface area contributed by atoms with E-state index in [-0.39, 0.29) is 44.9 Å². The number of alkyl carbamates (subject to hydrolysis) is 1. The molecule has 4 amide bonds. The first-order chi connectivity index (χ1) is 32.4. The monoisotopic (exact) mass is 950 g/mol. The molecule has 0 unspecified atom stereocenters. The van der Waals surface area contributed by atoms with Crippen LogP contribution in [0.3, 0.4) is 0 Å². The van der Waals surface area contributed by atoms with E-state index in [1.54, 1.807) is 24.3 Å². The molecule has 3 aliphatic rings. The fraction of sp³-hybridized carbons (Fsp3) is 0.511. The maximum Gasteiger partial charge on any atom is 0.408 e. The molecule has 2 aromatic carbocycles. The highest BCUT2D eigenvalue weighted by Gasteiger charge is 2.53. The Hall–Kier alpha value is -6.87. The van der Waals surface area contributed by atoms with E-state index in [4.69, 9.17) is 37.9 Å². The van der Waals surface area contributed by atoms with Gasteiger partial charge in [0.05, 0.1) is 12.5 Å². The van der Waals surface area contributed by atoms with Crippen molar-refractivity contribution in [2.45, 2.75) is 128 Å². The number of carbonyl (C=O) groups is 9. The molecule has 0 saturated carbocycles. The smallest absolute Gasteiger partial charge is 0.408 e. The molecule has 0 spiro atoms. The van der Waals surface area contributed by atoms with Crippen molar-refractivity contribution in [3.8, 4) is 5.75 Å². The van der Waals surface area contributed by atoms with E-state index >= 15 is 0 Å². The zero-order chi connectivity index (χ0) is 49.5. The Morgan fingerprint density at radius 1 is 0.779 bits per heavy atom. The average Bonchev–Trinajstić information content (AvgIpc) is 3.99. The van der Waals surface area contributed by atoms with Crippen molar-refractivity contribution >= 4 is 53.7 Å². The minimum atomic E-state index is -1.64. The number of carbonyl (C=O) groups excluding carboxylic acids is 9. The molecule has 3 fully saturated rings. The molecule has 21 nitrogen and oxygen atoms in total. The Labute approximate surface area is 393 Å². The lowest BCUT2D eigenvalue weighted by Crippen LogP contribution is -2.67. The van der Waals surface area contributed by atoms with E-state index in [1.807, 2.05) is 18.2 Å². The Morgan fingerprint density at radius 3 is 2.06 bits per heavy atom. The third-order valence-corrected chi connectivity index (χ3v) is 11.1. The Morgan fingerprint density at radius 2 is 1.43 bits per heavy atom. The third-order valence-electron chi connectivity index (χ3n) is 11.1. The molecule has 9 atom stereocenters. The van der Waals surface area contributed by atoms with E-state index in [0.717, 1.165) is 33.3 Å². The summed E-state index contributed by atoms with van der Waals surface area (Å²) in [5.74, 6) is -5.17. The van der Waals surface area contributed by atoms with Crippen LogP contribution in [0.4, 0.5) is 4.79 Å². The van der Waals surface area contributed by atoms with Crippen molar-refractivity contribution in [2.24, 2.45) is 0 Å². The molecule has 0 aromatic heterocycles. The van der Waals surface area contributed by atoms with Crippen LogP contribution in [0.2, 0.25) is 0 Å². The van der Waals surface area contributed by atoms with Gasteiger partial charge in [-0.25, -0.2) is 9.59 Å². The Kier molecular flexibility index (Phi) is 19.0. The van der Waals surface area contributed by atoms with Gasteiger partial charge >= 0.3 is 35.9 Å². The Bertz CT molecular complexity index is 2150. The summed E-state index contributed by atoms with van der Waals surface area (Å²) in [6.07, 6.45) is -5.46. The second kappa shape index (κ2) is 24.8. The van der Waals surface area contributed by atoms with Crippen molar-refractivity contribution in [1.82, 2.24) is 20.4 Å². The van der Waals surface area contributed by atoms with Crippen molar-refractivity contribution in [3.05, 3.63) is 78.4 Å². The highest BCUT2D eigenvalue weighted by molar-refractivity contribution is 5.94. The largest absolute Gasteiger partial charge is 0.463 e. The fourth-order valence-electron chi connectivity index (χ4n) is 8.15. The van der Waals surface area contributed by atoms with E-state index < -0.39 is 115 Å². The molecule has 2 N–H and O–H groups in total. The fourth-order valence-corrected chi connectivity index (χ4v) is 8.15. The van der Waals surface area contributed by atoms with Crippen molar-refractivity contribution < 1.29 is 81.0 Å².